The van der Waals surface area contributed by atoms with Crippen LogP contribution < -0.4 is 16.2 Å². The van der Waals surface area contributed by atoms with Gasteiger partial charge in [-0.15, -0.1) is 0 Å². The van der Waals surface area contributed by atoms with Crippen LogP contribution in [0, 0.1) is 17.3 Å². The van der Waals surface area contributed by atoms with Crippen molar-refractivity contribution in [2.24, 2.45) is 17.3 Å². The van der Waals surface area contributed by atoms with Gasteiger partial charge in [-0.3, -0.25) is 19.5 Å². The number of amides is 2. The number of hydrogen-bond acceptors (Lipinski definition) is 6. The summed E-state index contributed by atoms with van der Waals surface area (Å²) in [6, 6.07) is 9.38. The third-order valence-corrected chi connectivity index (χ3v) is 10.7. The van der Waals surface area contributed by atoms with Gasteiger partial charge < -0.3 is 19.7 Å². The third kappa shape index (κ3) is 4.84. The van der Waals surface area contributed by atoms with Crippen LogP contribution in [0.3, 0.4) is 0 Å². The van der Waals surface area contributed by atoms with Crippen molar-refractivity contribution in [2.45, 2.75) is 102 Å². The summed E-state index contributed by atoms with van der Waals surface area (Å²) in [6.07, 6.45) is 5.53. The number of carbonyl (C=O) groups is 2. The van der Waals surface area contributed by atoms with Crippen molar-refractivity contribution in [1.82, 2.24) is 14.9 Å². The van der Waals surface area contributed by atoms with Crippen molar-refractivity contribution >= 4 is 24.8 Å². The highest BCUT2D eigenvalue weighted by atomic mass is 16.7. The van der Waals surface area contributed by atoms with E-state index >= 15 is 0 Å². The fourth-order valence-electron chi connectivity index (χ4n) is 8.15. The van der Waals surface area contributed by atoms with E-state index in [-0.39, 0.29) is 40.6 Å². The van der Waals surface area contributed by atoms with E-state index in [1.54, 1.807) is 0 Å². The van der Waals surface area contributed by atoms with Crippen molar-refractivity contribution in [2.75, 3.05) is 5.32 Å². The van der Waals surface area contributed by atoms with Gasteiger partial charge in [-0.25, -0.2) is 9.78 Å². The molecule has 224 valence electrons. The number of carboxylic acid groups (broad SMARTS) is 1. The molecular weight excluding hydrogens is 535 g/mol. The smallest absolute Gasteiger partial charge is 0.465 e. The monoisotopic (exact) mass is 576 g/mol. The van der Waals surface area contributed by atoms with Gasteiger partial charge in [-0.2, -0.15) is 0 Å². The molecule has 1 unspecified atom stereocenters. The SMILES string of the molecule is CC[C@H](NC(=O)[C@@H]1C[C@H](CCCc2ccccc2)c2ncc(NC(=O)O)c(=O)n21)B1O[C@@H]2CC3C[C@@H](C3(C)C)[C@]2(C)O1. The standard InChI is InChI=1S/C31H41BN4O6/c1-5-25(32-41-24-16-20-15-23(30(20,2)3)31(24,4)42-32)35-27(37)22-14-19(13-9-12-18-10-7-6-8-11-18)26-33-17-21(34-29(39)40)28(38)36(22)26/h6-8,10-11,17,19-20,22-25,34H,5,9,12-16H2,1-4H3,(H,35,37)(H,39,40)/t19-,20?,22-,23-,24+,25-,31-/m0/s1. The second-order valence-corrected chi connectivity index (χ2v) is 13.3. The zero-order valence-corrected chi connectivity index (χ0v) is 24.8. The third-order valence-electron chi connectivity index (χ3n) is 10.7. The van der Waals surface area contributed by atoms with Crippen LogP contribution >= 0.6 is 0 Å². The minimum absolute atomic E-state index is 0.00268. The number of fused-ring (bicyclic) bond motifs is 1. The van der Waals surface area contributed by atoms with Crippen LogP contribution in [-0.2, 0) is 20.5 Å². The fourth-order valence-corrected chi connectivity index (χ4v) is 8.15. The molecule has 3 heterocycles. The lowest BCUT2D eigenvalue weighted by Gasteiger charge is -2.64. The molecule has 10 nitrogen and oxygen atoms in total. The summed E-state index contributed by atoms with van der Waals surface area (Å²) in [6.45, 7) is 8.78. The highest BCUT2D eigenvalue weighted by molar-refractivity contribution is 6.47. The summed E-state index contributed by atoms with van der Waals surface area (Å²) in [5.41, 5.74) is 0.335. The van der Waals surface area contributed by atoms with Crippen LogP contribution in [0.2, 0.25) is 0 Å². The average molecular weight is 577 g/mol. The molecule has 4 fully saturated rings. The number of anilines is 1. The number of aromatic nitrogens is 2. The van der Waals surface area contributed by atoms with Crippen LogP contribution in [0.4, 0.5) is 10.5 Å². The molecule has 0 radical (unpaired) electrons. The van der Waals surface area contributed by atoms with E-state index in [1.165, 1.54) is 16.3 Å². The van der Waals surface area contributed by atoms with E-state index in [2.05, 4.69) is 48.5 Å². The molecule has 5 aliphatic rings. The molecule has 7 rings (SSSR count). The van der Waals surface area contributed by atoms with Gasteiger partial charge in [-0.05, 0) is 74.7 Å². The number of carbonyl (C=O) groups excluding carboxylic acids is 1. The molecule has 2 aromatic rings. The van der Waals surface area contributed by atoms with Gasteiger partial charge in [0.1, 0.15) is 17.6 Å². The Hall–Kier alpha value is -3.18. The first-order valence-electron chi connectivity index (χ1n) is 15.3. The lowest BCUT2D eigenvalue weighted by atomic mass is 9.43. The van der Waals surface area contributed by atoms with E-state index in [9.17, 15) is 19.5 Å². The Balaban J connectivity index is 1.19. The quantitative estimate of drug-likeness (QED) is 0.374. The number of rotatable bonds is 9. The molecule has 3 aliphatic carbocycles. The normalized spacial score (nSPS) is 31.0. The van der Waals surface area contributed by atoms with Crippen molar-refractivity contribution in [1.29, 1.82) is 0 Å². The molecule has 11 heteroatoms. The van der Waals surface area contributed by atoms with Crippen molar-refractivity contribution in [3.8, 4) is 0 Å². The van der Waals surface area contributed by atoms with Gasteiger partial charge in [0, 0.05) is 5.92 Å². The molecule has 0 spiro atoms. The lowest BCUT2D eigenvalue weighted by molar-refractivity contribution is -0.199. The predicted octanol–water partition coefficient (Wildman–Crippen LogP) is 4.55. The van der Waals surface area contributed by atoms with Gasteiger partial charge >= 0.3 is 13.2 Å². The van der Waals surface area contributed by atoms with E-state index in [1.807, 2.05) is 25.1 Å². The average Bonchev–Trinajstić information content (AvgIpc) is 3.51. The second kappa shape index (κ2) is 10.8. The number of benzene rings is 1. The van der Waals surface area contributed by atoms with Gasteiger partial charge in [0.15, 0.2) is 0 Å². The molecule has 2 aliphatic heterocycles. The van der Waals surface area contributed by atoms with Crippen LogP contribution in [0.25, 0.3) is 0 Å². The maximum atomic E-state index is 13.9. The first kappa shape index (κ1) is 28.9. The number of aryl methyl sites for hydroxylation is 1. The van der Waals surface area contributed by atoms with E-state index in [0.29, 0.717) is 30.5 Å². The van der Waals surface area contributed by atoms with Crippen LogP contribution in [0.15, 0.2) is 41.3 Å². The fraction of sp³-hybridized carbons (Fsp3) is 0.613. The summed E-state index contributed by atoms with van der Waals surface area (Å²) < 4.78 is 14.5. The Morgan fingerprint density at radius 2 is 1.95 bits per heavy atom. The molecule has 1 saturated heterocycles. The van der Waals surface area contributed by atoms with Crippen LogP contribution in [0.5, 0.6) is 0 Å². The largest absolute Gasteiger partial charge is 0.481 e. The first-order chi connectivity index (χ1) is 20.0. The minimum Gasteiger partial charge on any atom is -0.465 e. The highest BCUT2D eigenvalue weighted by Gasteiger charge is 2.68. The first-order valence-corrected chi connectivity index (χ1v) is 15.3. The maximum absolute atomic E-state index is 13.9. The molecule has 3 N–H and O–H groups in total. The molecule has 1 aromatic heterocycles. The zero-order valence-electron chi connectivity index (χ0n) is 24.8. The Morgan fingerprint density at radius 1 is 1.19 bits per heavy atom. The second-order valence-electron chi connectivity index (χ2n) is 13.3. The molecule has 7 atom stereocenters. The highest BCUT2D eigenvalue weighted by Crippen LogP contribution is 2.65. The van der Waals surface area contributed by atoms with E-state index in [4.69, 9.17) is 9.31 Å². The molecular formula is C31H41BN4O6. The number of hydrogen-bond donors (Lipinski definition) is 3. The van der Waals surface area contributed by atoms with Gasteiger partial charge in [0.25, 0.3) is 5.56 Å². The minimum atomic E-state index is -1.36. The molecule has 1 aromatic carbocycles. The van der Waals surface area contributed by atoms with E-state index < -0.39 is 24.8 Å². The molecule has 2 bridgehead atoms. The summed E-state index contributed by atoms with van der Waals surface area (Å²) >= 11 is 0. The summed E-state index contributed by atoms with van der Waals surface area (Å²) in [5.74, 6) is 0.762. The molecule has 42 heavy (non-hydrogen) atoms. The van der Waals surface area contributed by atoms with E-state index in [0.717, 1.165) is 32.1 Å². The van der Waals surface area contributed by atoms with Gasteiger partial charge in [0.2, 0.25) is 5.91 Å². The summed E-state index contributed by atoms with van der Waals surface area (Å²) in [5, 5.41) is 14.5. The molecule has 3 saturated carbocycles. The van der Waals surface area contributed by atoms with Crippen LogP contribution in [0.1, 0.15) is 89.6 Å². The number of nitrogens with one attached hydrogen (secondary N) is 2. The zero-order chi connectivity index (χ0) is 29.8. The number of nitrogens with zero attached hydrogens (tertiary/aromatic N) is 2. The lowest BCUT2D eigenvalue weighted by Crippen LogP contribution is -2.65. The van der Waals surface area contributed by atoms with Crippen LogP contribution in [-0.4, -0.2) is 51.4 Å². The van der Waals surface area contributed by atoms with Crippen molar-refractivity contribution < 1.29 is 24.0 Å². The Labute approximate surface area is 246 Å². The Bertz CT molecular complexity index is 1420. The summed E-state index contributed by atoms with van der Waals surface area (Å²) in [7, 11) is -0.568. The Morgan fingerprint density at radius 3 is 2.64 bits per heavy atom. The predicted molar refractivity (Wildman–Crippen MR) is 158 cm³/mol. The summed E-state index contributed by atoms with van der Waals surface area (Å²) in [4.78, 5) is 43.1. The molecule has 2 amide bonds. The van der Waals surface area contributed by atoms with Gasteiger partial charge in [-0.1, -0.05) is 51.1 Å². The van der Waals surface area contributed by atoms with Crippen molar-refractivity contribution in [3.63, 3.8) is 0 Å². The maximum Gasteiger partial charge on any atom is 0.481 e. The topological polar surface area (TPSA) is 132 Å². The van der Waals surface area contributed by atoms with Crippen molar-refractivity contribution in [3.05, 3.63) is 58.3 Å². The van der Waals surface area contributed by atoms with Gasteiger partial charge in [0.05, 0.1) is 23.8 Å². The Kier molecular flexibility index (Phi) is 7.46.